The summed E-state index contributed by atoms with van der Waals surface area (Å²) in [5.74, 6) is -2.30. The topological polar surface area (TPSA) is 66.5 Å². The van der Waals surface area contributed by atoms with Crippen molar-refractivity contribution in [2.45, 2.75) is 26.8 Å². The van der Waals surface area contributed by atoms with Crippen LogP contribution in [0, 0.1) is 18.7 Å². The van der Waals surface area contributed by atoms with Crippen LogP contribution in [0.2, 0.25) is 0 Å². The lowest BCUT2D eigenvalue weighted by molar-refractivity contribution is -0.121. The highest BCUT2D eigenvalue weighted by atomic mass is 19.1. The molecule has 134 valence electrons. The van der Waals surface area contributed by atoms with Crippen LogP contribution in [0.3, 0.4) is 0 Å². The number of aryl methyl sites for hydroxylation is 1. The number of hydrogen-bond donors (Lipinski definition) is 1. The molecule has 0 radical (unpaired) electrons. The van der Waals surface area contributed by atoms with Crippen molar-refractivity contribution in [1.29, 1.82) is 0 Å². The minimum atomic E-state index is -0.995. The van der Waals surface area contributed by atoms with Crippen LogP contribution < -0.4 is 5.32 Å². The van der Waals surface area contributed by atoms with E-state index in [1.807, 2.05) is 0 Å². The number of rotatable bonds is 4. The van der Waals surface area contributed by atoms with Gasteiger partial charge in [0.2, 0.25) is 5.91 Å². The average Bonchev–Trinajstić information content (AvgIpc) is 2.84. The summed E-state index contributed by atoms with van der Waals surface area (Å²) >= 11 is 0. The molecule has 1 atom stereocenters. The number of hydrogen-bond acceptors (Lipinski definition) is 3. The van der Waals surface area contributed by atoms with Crippen LogP contribution in [0.25, 0.3) is 0 Å². The van der Waals surface area contributed by atoms with Crippen LogP contribution >= 0.6 is 0 Å². The van der Waals surface area contributed by atoms with E-state index in [-0.39, 0.29) is 17.0 Å². The third kappa shape index (κ3) is 2.98. The van der Waals surface area contributed by atoms with Gasteiger partial charge in [-0.25, -0.2) is 4.39 Å². The molecule has 0 aliphatic carbocycles. The molecule has 0 unspecified atom stereocenters. The second-order valence-corrected chi connectivity index (χ2v) is 6.66. The number of fused-ring (bicyclic) bond motifs is 1. The molecule has 0 saturated heterocycles. The van der Waals surface area contributed by atoms with Crippen molar-refractivity contribution in [2.24, 2.45) is 5.92 Å². The number of benzene rings is 2. The summed E-state index contributed by atoms with van der Waals surface area (Å²) < 4.78 is 13.5. The van der Waals surface area contributed by atoms with E-state index < -0.39 is 29.6 Å². The lowest BCUT2D eigenvalue weighted by atomic mass is 10.0. The second-order valence-electron chi connectivity index (χ2n) is 6.66. The fourth-order valence-corrected chi connectivity index (χ4v) is 3.11. The third-order valence-electron chi connectivity index (χ3n) is 4.46. The first kappa shape index (κ1) is 17.8. The Bertz CT molecular complexity index is 873. The van der Waals surface area contributed by atoms with E-state index in [1.54, 1.807) is 51.1 Å². The summed E-state index contributed by atoms with van der Waals surface area (Å²) in [7, 11) is 0. The van der Waals surface area contributed by atoms with Gasteiger partial charge < -0.3 is 5.32 Å². The summed E-state index contributed by atoms with van der Waals surface area (Å²) in [5, 5.41) is 2.65. The molecule has 6 heteroatoms. The largest absolute Gasteiger partial charge is 0.324 e. The van der Waals surface area contributed by atoms with Gasteiger partial charge in [-0.3, -0.25) is 19.3 Å². The lowest BCUT2D eigenvalue weighted by Crippen LogP contribution is -2.50. The quantitative estimate of drug-likeness (QED) is 0.856. The number of nitrogens with zero attached hydrogens (tertiary/aromatic N) is 1. The van der Waals surface area contributed by atoms with Gasteiger partial charge in [0.15, 0.2) is 0 Å². The molecule has 0 bridgehead atoms. The zero-order valence-corrected chi connectivity index (χ0v) is 14.7. The van der Waals surface area contributed by atoms with Crippen molar-refractivity contribution in [3.05, 3.63) is 65.0 Å². The first-order chi connectivity index (χ1) is 12.3. The van der Waals surface area contributed by atoms with Gasteiger partial charge >= 0.3 is 0 Å². The molecule has 3 amide bonds. The van der Waals surface area contributed by atoms with Crippen molar-refractivity contribution in [3.8, 4) is 0 Å². The van der Waals surface area contributed by atoms with Gasteiger partial charge in [-0.05, 0) is 42.7 Å². The van der Waals surface area contributed by atoms with E-state index in [2.05, 4.69) is 5.32 Å². The monoisotopic (exact) mass is 354 g/mol. The van der Waals surface area contributed by atoms with E-state index in [0.29, 0.717) is 11.3 Å². The summed E-state index contributed by atoms with van der Waals surface area (Å²) in [6.45, 7) is 5.25. The summed E-state index contributed by atoms with van der Waals surface area (Å²) in [4.78, 5) is 39.3. The van der Waals surface area contributed by atoms with Gasteiger partial charge in [0, 0.05) is 5.69 Å². The molecule has 0 aromatic heterocycles. The van der Waals surface area contributed by atoms with Crippen molar-refractivity contribution < 1.29 is 18.8 Å². The van der Waals surface area contributed by atoms with Crippen molar-refractivity contribution in [2.75, 3.05) is 5.32 Å². The molecule has 3 rings (SSSR count). The van der Waals surface area contributed by atoms with Gasteiger partial charge in [0.05, 0.1) is 11.1 Å². The molecule has 2 aromatic carbocycles. The molecule has 5 nitrogen and oxygen atoms in total. The molecule has 0 saturated carbocycles. The minimum absolute atomic E-state index is 0.290. The zero-order valence-electron chi connectivity index (χ0n) is 14.7. The van der Waals surface area contributed by atoms with Crippen LogP contribution in [-0.4, -0.2) is 28.7 Å². The molecule has 26 heavy (non-hydrogen) atoms. The maximum Gasteiger partial charge on any atom is 0.262 e. The lowest BCUT2D eigenvalue weighted by Gasteiger charge is -2.28. The second kappa shape index (κ2) is 6.71. The van der Waals surface area contributed by atoms with E-state index in [0.717, 1.165) is 4.90 Å². The summed E-state index contributed by atoms with van der Waals surface area (Å²) in [6, 6.07) is 9.56. The third-order valence-corrected chi connectivity index (χ3v) is 4.46. The maximum absolute atomic E-state index is 13.5. The van der Waals surface area contributed by atoms with Gasteiger partial charge in [0.25, 0.3) is 11.8 Å². The summed E-state index contributed by atoms with van der Waals surface area (Å²) in [5.41, 5.74) is 1.58. The highest BCUT2D eigenvalue weighted by Crippen LogP contribution is 2.28. The fourth-order valence-electron chi connectivity index (χ4n) is 3.11. The number of halogens is 1. The molecule has 0 spiro atoms. The molecular weight excluding hydrogens is 335 g/mol. The number of carbonyl (C=O) groups is 3. The van der Waals surface area contributed by atoms with Crippen LogP contribution in [0.5, 0.6) is 0 Å². The van der Waals surface area contributed by atoms with Gasteiger partial charge in [-0.15, -0.1) is 0 Å². The Morgan fingerprint density at radius 2 is 1.62 bits per heavy atom. The SMILES string of the molecule is Cc1ccc(F)cc1NC(=O)[C@H](C(C)C)N1C(=O)c2ccccc2C1=O. The average molecular weight is 354 g/mol. The minimum Gasteiger partial charge on any atom is -0.324 e. The highest BCUT2D eigenvalue weighted by Gasteiger charge is 2.43. The molecule has 1 aliphatic heterocycles. The van der Waals surface area contributed by atoms with Crippen molar-refractivity contribution >= 4 is 23.4 Å². The van der Waals surface area contributed by atoms with Crippen LogP contribution in [0.4, 0.5) is 10.1 Å². The van der Waals surface area contributed by atoms with E-state index in [9.17, 15) is 18.8 Å². The molecule has 1 heterocycles. The number of anilines is 1. The van der Waals surface area contributed by atoms with Crippen molar-refractivity contribution in [3.63, 3.8) is 0 Å². The normalized spacial score (nSPS) is 14.6. The number of nitrogens with one attached hydrogen (secondary N) is 1. The Morgan fingerprint density at radius 3 is 2.15 bits per heavy atom. The predicted molar refractivity (Wildman–Crippen MR) is 95.3 cm³/mol. The Hall–Kier alpha value is -3.02. The van der Waals surface area contributed by atoms with E-state index in [1.165, 1.54) is 12.1 Å². The molecule has 1 N–H and O–H groups in total. The Balaban J connectivity index is 1.93. The first-order valence-electron chi connectivity index (χ1n) is 8.35. The Morgan fingerprint density at radius 1 is 1.04 bits per heavy atom. The molecule has 0 fully saturated rings. The van der Waals surface area contributed by atoms with Crippen LogP contribution in [0.15, 0.2) is 42.5 Å². The Labute approximate surface area is 150 Å². The van der Waals surface area contributed by atoms with Crippen molar-refractivity contribution in [1.82, 2.24) is 4.90 Å². The first-order valence-corrected chi connectivity index (χ1v) is 8.35. The number of imide groups is 1. The van der Waals surface area contributed by atoms with E-state index in [4.69, 9.17) is 0 Å². The smallest absolute Gasteiger partial charge is 0.262 e. The molecule has 1 aliphatic rings. The maximum atomic E-state index is 13.5. The Kier molecular flexibility index (Phi) is 4.59. The zero-order chi connectivity index (χ0) is 19.0. The van der Waals surface area contributed by atoms with Crippen LogP contribution in [-0.2, 0) is 4.79 Å². The van der Waals surface area contributed by atoms with Gasteiger partial charge in [-0.2, -0.15) is 0 Å². The fraction of sp³-hybridized carbons (Fsp3) is 0.250. The predicted octanol–water partition coefficient (Wildman–Crippen LogP) is 3.39. The molecular formula is C20H19FN2O3. The standard InChI is InChI=1S/C20H19FN2O3/c1-11(2)17(18(24)22-16-10-13(21)9-8-12(16)3)23-19(25)14-6-4-5-7-15(14)20(23)26/h4-11,17H,1-3H3,(H,22,24)/t17-/m0/s1. The summed E-state index contributed by atoms with van der Waals surface area (Å²) in [6.07, 6.45) is 0. The van der Waals surface area contributed by atoms with Gasteiger partial charge in [0.1, 0.15) is 11.9 Å². The van der Waals surface area contributed by atoms with E-state index >= 15 is 0 Å². The highest BCUT2D eigenvalue weighted by molar-refractivity contribution is 6.23. The number of amides is 3. The van der Waals surface area contributed by atoms with Crippen LogP contribution in [0.1, 0.15) is 40.1 Å². The van der Waals surface area contributed by atoms with Gasteiger partial charge in [-0.1, -0.05) is 32.0 Å². The number of carbonyl (C=O) groups excluding carboxylic acids is 3. The molecule has 2 aromatic rings.